The predicted molar refractivity (Wildman–Crippen MR) is 152 cm³/mol. The van der Waals surface area contributed by atoms with Crippen LogP contribution in [-0.4, -0.2) is 59.7 Å². The number of carbonyl (C=O) groups is 2. The van der Waals surface area contributed by atoms with Crippen LogP contribution in [-0.2, 0) is 18.6 Å². The summed E-state index contributed by atoms with van der Waals surface area (Å²) in [4.78, 5) is 23.1. The van der Waals surface area contributed by atoms with Crippen LogP contribution in [0, 0.1) is 0 Å². The average Bonchev–Trinajstić information content (AvgIpc) is 3.58. The summed E-state index contributed by atoms with van der Waals surface area (Å²) >= 11 is 0. The van der Waals surface area contributed by atoms with Gasteiger partial charge >= 0.3 is 20.2 Å². The number of rotatable bonds is 5. The van der Waals surface area contributed by atoms with Crippen LogP contribution in [0.15, 0.2) is 48.5 Å². The predicted octanol–water partition coefficient (Wildman–Crippen LogP) is 3.56. The zero-order valence-electron chi connectivity index (χ0n) is 24.2. The van der Waals surface area contributed by atoms with Gasteiger partial charge in [-0.25, -0.2) is 4.79 Å². The highest BCUT2D eigenvalue weighted by molar-refractivity contribution is 6.62. The van der Waals surface area contributed by atoms with Gasteiger partial charge in [0.1, 0.15) is 0 Å². The van der Waals surface area contributed by atoms with Gasteiger partial charge in [0.05, 0.1) is 28.0 Å². The molecule has 1 aliphatic carbocycles. The molecule has 2 aromatic rings. The van der Waals surface area contributed by atoms with Crippen molar-refractivity contribution >= 4 is 37.0 Å². The van der Waals surface area contributed by atoms with Gasteiger partial charge < -0.3 is 29.0 Å². The van der Waals surface area contributed by atoms with Gasteiger partial charge in [-0.15, -0.1) is 0 Å². The zero-order valence-corrected chi connectivity index (χ0v) is 24.2. The smallest absolute Gasteiger partial charge is 0.478 e. The number of nitrogens with one attached hydrogen (secondary N) is 1. The number of amides is 1. The highest BCUT2D eigenvalue weighted by Crippen LogP contribution is 2.37. The minimum Gasteiger partial charge on any atom is -0.478 e. The molecular weight excluding hydrogens is 496 g/mol. The van der Waals surface area contributed by atoms with Crippen LogP contribution in [0.3, 0.4) is 0 Å². The molecule has 5 rings (SSSR count). The summed E-state index contributed by atoms with van der Waals surface area (Å²) in [6, 6.07) is 14.5. The quantitative estimate of drug-likeness (QED) is 0.565. The highest BCUT2D eigenvalue weighted by atomic mass is 16.7. The topological polar surface area (TPSA) is 103 Å². The zero-order chi connectivity index (χ0) is 28.8. The fourth-order valence-electron chi connectivity index (χ4n) is 4.10. The number of carboxylic acids is 1. The summed E-state index contributed by atoms with van der Waals surface area (Å²) < 4.78 is 23.8. The van der Waals surface area contributed by atoms with E-state index < -0.39 is 31.4 Å². The Labute approximate surface area is 232 Å². The van der Waals surface area contributed by atoms with Crippen LogP contribution in [0.1, 0.15) is 88.9 Å². The summed E-state index contributed by atoms with van der Waals surface area (Å²) in [6.07, 6.45) is 2.17. The van der Waals surface area contributed by atoms with Crippen molar-refractivity contribution in [1.82, 2.24) is 5.32 Å². The monoisotopic (exact) mass is 535 g/mol. The maximum atomic E-state index is 12.1. The second-order valence-corrected chi connectivity index (χ2v) is 12.5. The standard InChI is InChI=1S/C16H22BNO3.C13H17BO4/c1-15(2)16(3,4)21-17(20-15)12-7-5-6-11(10-12)14(19)18-13-8-9-13;1-12(2)13(3,4)18-14(17-12)10-7-5-6-9(8-10)11(15)16/h5-7,10,13H,8-9H2,1-4H3,(H,18,19);5-8H,1-4H3,(H,15,16). The fraction of sp³-hybridized carbons (Fsp3) is 0.517. The molecule has 2 aliphatic heterocycles. The van der Waals surface area contributed by atoms with Gasteiger partial charge in [-0.1, -0.05) is 24.3 Å². The van der Waals surface area contributed by atoms with Crippen LogP contribution in [0.2, 0.25) is 0 Å². The van der Waals surface area contributed by atoms with Crippen molar-refractivity contribution in [2.75, 3.05) is 0 Å². The molecule has 2 saturated heterocycles. The molecule has 10 heteroatoms. The summed E-state index contributed by atoms with van der Waals surface area (Å²) in [7, 11) is -0.946. The van der Waals surface area contributed by atoms with Gasteiger partial charge in [0.15, 0.2) is 0 Å². The SMILES string of the molecule is CC1(C)OB(c2cccc(C(=O)NC3CC3)c2)OC1(C)C.CC1(C)OB(c2cccc(C(=O)O)c2)OC1(C)C. The van der Waals surface area contributed by atoms with E-state index in [0.717, 1.165) is 23.8 Å². The molecule has 1 amide bonds. The molecule has 0 spiro atoms. The number of benzene rings is 2. The molecule has 2 aromatic carbocycles. The molecule has 1 saturated carbocycles. The summed E-state index contributed by atoms with van der Waals surface area (Å²) in [5.74, 6) is -0.968. The number of carboxylic acid groups (broad SMARTS) is 1. The Morgan fingerprint density at radius 3 is 1.49 bits per heavy atom. The Morgan fingerprint density at radius 1 is 0.718 bits per heavy atom. The van der Waals surface area contributed by atoms with Crippen molar-refractivity contribution in [3.8, 4) is 0 Å². The van der Waals surface area contributed by atoms with Crippen molar-refractivity contribution < 1.29 is 33.3 Å². The summed E-state index contributed by atoms with van der Waals surface area (Å²) in [6.45, 7) is 16.0. The maximum absolute atomic E-state index is 12.1. The molecule has 2 heterocycles. The fourth-order valence-corrected chi connectivity index (χ4v) is 4.10. The van der Waals surface area contributed by atoms with Gasteiger partial charge in [-0.05, 0) is 103 Å². The molecule has 0 atom stereocenters. The minimum atomic E-state index is -0.951. The van der Waals surface area contributed by atoms with Crippen LogP contribution in [0.4, 0.5) is 0 Å². The third kappa shape index (κ3) is 6.40. The third-order valence-electron chi connectivity index (χ3n) is 8.25. The summed E-state index contributed by atoms with van der Waals surface area (Å²) in [5.41, 5.74) is 0.934. The minimum absolute atomic E-state index is 0.0177. The van der Waals surface area contributed by atoms with E-state index in [1.54, 1.807) is 18.2 Å². The molecular formula is C29H39B2NO7. The molecule has 3 fully saturated rings. The van der Waals surface area contributed by atoms with Crippen molar-refractivity contribution in [3.63, 3.8) is 0 Å². The van der Waals surface area contributed by atoms with Crippen LogP contribution < -0.4 is 16.2 Å². The normalized spacial score (nSPS) is 22.2. The Balaban J connectivity index is 0.000000183. The van der Waals surface area contributed by atoms with E-state index in [9.17, 15) is 9.59 Å². The van der Waals surface area contributed by atoms with Gasteiger partial charge in [-0.3, -0.25) is 4.79 Å². The molecule has 0 bridgehead atoms. The van der Waals surface area contributed by atoms with Crippen molar-refractivity contribution in [2.45, 2.75) is 96.7 Å². The van der Waals surface area contributed by atoms with E-state index >= 15 is 0 Å². The van der Waals surface area contributed by atoms with E-state index in [0.29, 0.717) is 11.6 Å². The first-order valence-corrected chi connectivity index (χ1v) is 13.5. The molecule has 0 unspecified atom stereocenters. The molecule has 0 aromatic heterocycles. The first-order chi connectivity index (χ1) is 18.0. The molecule has 0 radical (unpaired) electrons. The average molecular weight is 535 g/mol. The Morgan fingerprint density at radius 2 is 1.10 bits per heavy atom. The third-order valence-corrected chi connectivity index (χ3v) is 8.25. The Kier molecular flexibility index (Phi) is 7.82. The summed E-state index contributed by atoms with van der Waals surface area (Å²) in [5, 5.41) is 12.0. The first-order valence-electron chi connectivity index (χ1n) is 13.5. The van der Waals surface area contributed by atoms with E-state index in [2.05, 4.69) is 5.32 Å². The van der Waals surface area contributed by atoms with E-state index in [-0.39, 0.29) is 22.7 Å². The van der Waals surface area contributed by atoms with Gasteiger partial charge in [0.2, 0.25) is 0 Å². The molecule has 208 valence electrons. The maximum Gasteiger partial charge on any atom is 0.494 e. The Hall–Kier alpha value is -2.65. The van der Waals surface area contributed by atoms with Crippen LogP contribution in [0.25, 0.3) is 0 Å². The van der Waals surface area contributed by atoms with Gasteiger partial charge in [0.25, 0.3) is 5.91 Å². The number of hydrogen-bond acceptors (Lipinski definition) is 6. The molecule has 39 heavy (non-hydrogen) atoms. The second-order valence-electron chi connectivity index (χ2n) is 12.5. The first kappa shape index (κ1) is 29.3. The van der Waals surface area contributed by atoms with E-state index in [4.69, 9.17) is 23.7 Å². The van der Waals surface area contributed by atoms with Gasteiger partial charge in [0, 0.05) is 11.6 Å². The lowest BCUT2D eigenvalue weighted by atomic mass is 9.78. The highest BCUT2D eigenvalue weighted by Gasteiger charge is 2.52. The number of aromatic carboxylic acids is 1. The number of hydrogen-bond donors (Lipinski definition) is 2. The number of carbonyl (C=O) groups excluding carboxylic acids is 1. The lowest BCUT2D eigenvalue weighted by Crippen LogP contribution is -2.41. The van der Waals surface area contributed by atoms with Crippen molar-refractivity contribution in [2.24, 2.45) is 0 Å². The van der Waals surface area contributed by atoms with Crippen LogP contribution in [0.5, 0.6) is 0 Å². The Bertz CT molecular complexity index is 1210. The lowest BCUT2D eigenvalue weighted by molar-refractivity contribution is 0.00578. The van der Waals surface area contributed by atoms with E-state index in [1.165, 1.54) is 0 Å². The van der Waals surface area contributed by atoms with Gasteiger partial charge in [-0.2, -0.15) is 0 Å². The second kappa shape index (κ2) is 10.4. The van der Waals surface area contributed by atoms with E-state index in [1.807, 2.05) is 85.7 Å². The molecule has 3 aliphatic rings. The lowest BCUT2D eigenvalue weighted by Gasteiger charge is -2.32. The molecule has 8 nitrogen and oxygen atoms in total. The van der Waals surface area contributed by atoms with Crippen molar-refractivity contribution in [1.29, 1.82) is 0 Å². The molecule has 2 N–H and O–H groups in total. The van der Waals surface area contributed by atoms with Crippen molar-refractivity contribution in [3.05, 3.63) is 59.7 Å². The largest absolute Gasteiger partial charge is 0.494 e. The van der Waals surface area contributed by atoms with Crippen LogP contribution >= 0.6 is 0 Å².